The first kappa shape index (κ1) is 59.3. The van der Waals surface area contributed by atoms with Gasteiger partial charge in [-0.05, 0) is 57.8 Å². The molecular formula is C55H105NO5. The highest BCUT2D eigenvalue weighted by Gasteiger charge is 2.24. The summed E-state index contributed by atoms with van der Waals surface area (Å²) >= 11 is 0. The Kier molecular flexibility index (Phi) is 48.0. The number of hydrogen-bond acceptors (Lipinski definition) is 5. The minimum absolute atomic E-state index is 0.0789. The van der Waals surface area contributed by atoms with E-state index in [2.05, 4.69) is 50.4 Å². The van der Waals surface area contributed by atoms with E-state index >= 15 is 0 Å². The Morgan fingerprint density at radius 3 is 1.28 bits per heavy atom. The number of carbonyl (C=O) groups is 2. The zero-order valence-corrected chi connectivity index (χ0v) is 41.1. The van der Waals surface area contributed by atoms with Gasteiger partial charge in [-0.3, -0.25) is 9.59 Å². The van der Waals surface area contributed by atoms with Crippen LogP contribution in [0.3, 0.4) is 0 Å². The van der Waals surface area contributed by atoms with Crippen molar-refractivity contribution in [1.29, 1.82) is 0 Å². The molecular weight excluding hydrogens is 755 g/mol. The van der Waals surface area contributed by atoms with Gasteiger partial charge in [-0.25, -0.2) is 0 Å². The van der Waals surface area contributed by atoms with Gasteiger partial charge in [0.2, 0.25) is 5.91 Å². The minimum atomic E-state index is -0.784. The molecule has 0 saturated carbocycles. The molecule has 61 heavy (non-hydrogen) atoms. The minimum Gasteiger partial charge on any atom is -0.462 e. The molecule has 0 bridgehead atoms. The van der Waals surface area contributed by atoms with Gasteiger partial charge in [0, 0.05) is 6.42 Å². The maximum atomic E-state index is 13.2. The first-order chi connectivity index (χ1) is 30.0. The van der Waals surface area contributed by atoms with E-state index in [-0.39, 0.29) is 24.9 Å². The lowest BCUT2D eigenvalue weighted by molar-refractivity contribution is -0.151. The van der Waals surface area contributed by atoms with Crippen LogP contribution in [0.25, 0.3) is 0 Å². The van der Waals surface area contributed by atoms with Gasteiger partial charge in [0.05, 0.1) is 25.2 Å². The Morgan fingerprint density at radius 1 is 0.475 bits per heavy atom. The van der Waals surface area contributed by atoms with Crippen LogP contribution in [-0.4, -0.2) is 46.9 Å². The molecule has 0 radical (unpaired) electrons. The molecule has 0 aromatic carbocycles. The van der Waals surface area contributed by atoms with Crippen LogP contribution in [0.2, 0.25) is 0 Å². The molecule has 0 saturated heterocycles. The van der Waals surface area contributed by atoms with Gasteiger partial charge >= 0.3 is 5.97 Å². The van der Waals surface area contributed by atoms with Gasteiger partial charge in [-0.2, -0.15) is 0 Å². The Balaban J connectivity index is 4.35. The number of allylic oxidation sites excluding steroid dienone is 4. The number of rotatable bonds is 49. The van der Waals surface area contributed by atoms with Crippen molar-refractivity contribution >= 4 is 11.9 Å². The number of aliphatic hydroxyl groups excluding tert-OH is 2. The molecule has 0 rings (SSSR count). The maximum absolute atomic E-state index is 13.2. The van der Waals surface area contributed by atoms with E-state index in [0.29, 0.717) is 19.3 Å². The SMILES string of the molecule is CCCCC/C=C\C/C=C\CCCCCCCCCC(=O)OC(CCCCCCCCCC)CC(=O)NC(CO)C(O)CCCCCCCCCCCCCCCCCCC. The summed E-state index contributed by atoms with van der Waals surface area (Å²) < 4.78 is 5.92. The molecule has 0 aliphatic carbocycles. The molecule has 360 valence electrons. The molecule has 3 unspecified atom stereocenters. The van der Waals surface area contributed by atoms with Crippen molar-refractivity contribution in [2.24, 2.45) is 0 Å². The van der Waals surface area contributed by atoms with Crippen molar-refractivity contribution in [1.82, 2.24) is 5.32 Å². The summed E-state index contributed by atoms with van der Waals surface area (Å²) in [6.07, 6.45) is 56.8. The lowest BCUT2D eigenvalue weighted by Crippen LogP contribution is -2.46. The van der Waals surface area contributed by atoms with Crippen molar-refractivity contribution in [2.75, 3.05) is 6.61 Å². The maximum Gasteiger partial charge on any atom is 0.306 e. The van der Waals surface area contributed by atoms with E-state index in [1.165, 1.54) is 186 Å². The second-order valence-corrected chi connectivity index (χ2v) is 18.6. The largest absolute Gasteiger partial charge is 0.462 e. The van der Waals surface area contributed by atoms with Crippen LogP contribution in [0.5, 0.6) is 0 Å². The molecule has 0 aromatic heterocycles. The summed E-state index contributed by atoms with van der Waals surface area (Å²) in [4.78, 5) is 26.1. The summed E-state index contributed by atoms with van der Waals surface area (Å²) in [6.45, 7) is 6.46. The summed E-state index contributed by atoms with van der Waals surface area (Å²) in [5, 5.41) is 23.8. The van der Waals surface area contributed by atoms with Gasteiger partial charge in [0.15, 0.2) is 0 Å². The van der Waals surface area contributed by atoms with Gasteiger partial charge in [-0.15, -0.1) is 0 Å². The van der Waals surface area contributed by atoms with Crippen LogP contribution in [0, 0.1) is 0 Å². The first-order valence-corrected chi connectivity index (χ1v) is 27.1. The van der Waals surface area contributed by atoms with E-state index in [0.717, 1.165) is 57.8 Å². The van der Waals surface area contributed by atoms with Crippen molar-refractivity contribution in [2.45, 2.75) is 309 Å². The highest BCUT2D eigenvalue weighted by molar-refractivity contribution is 5.77. The molecule has 0 spiro atoms. The molecule has 0 aliphatic heterocycles. The fourth-order valence-electron chi connectivity index (χ4n) is 8.40. The number of hydrogen-bond donors (Lipinski definition) is 3. The number of carbonyl (C=O) groups excluding carboxylic acids is 2. The summed E-state index contributed by atoms with van der Waals surface area (Å²) in [5.74, 6) is -0.472. The van der Waals surface area contributed by atoms with E-state index in [1.54, 1.807) is 0 Å². The molecule has 0 fully saturated rings. The first-order valence-electron chi connectivity index (χ1n) is 27.1. The van der Waals surface area contributed by atoms with Crippen LogP contribution in [-0.2, 0) is 14.3 Å². The predicted octanol–water partition coefficient (Wildman–Crippen LogP) is 16.3. The number of nitrogens with one attached hydrogen (secondary N) is 1. The van der Waals surface area contributed by atoms with Gasteiger partial charge in [0.1, 0.15) is 6.10 Å². The Morgan fingerprint density at radius 2 is 0.836 bits per heavy atom. The summed E-state index contributed by atoms with van der Waals surface area (Å²) in [5.41, 5.74) is 0. The Bertz CT molecular complexity index is 966. The van der Waals surface area contributed by atoms with Crippen molar-refractivity contribution in [3.05, 3.63) is 24.3 Å². The zero-order valence-electron chi connectivity index (χ0n) is 41.1. The standard InChI is InChI=1S/C55H105NO5/c1-4-7-10-13-16-19-21-23-25-27-29-31-33-35-38-41-44-47-53(58)52(50-57)56-54(59)49-51(46-43-40-37-18-15-12-9-6-3)61-55(60)48-45-42-39-36-34-32-30-28-26-24-22-20-17-14-11-8-5-2/h17,20,24,26,51-53,57-58H,4-16,18-19,21-23,25,27-50H2,1-3H3,(H,56,59)/b20-17-,26-24-. The van der Waals surface area contributed by atoms with E-state index in [4.69, 9.17) is 4.74 Å². The van der Waals surface area contributed by atoms with Gasteiger partial charge < -0.3 is 20.3 Å². The van der Waals surface area contributed by atoms with Crippen LogP contribution >= 0.6 is 0 Å². The summed E-state index contributed by atoms with van der Waals surface area (Å²) in [6, 6.07) is -0.697. The molecule has 0 heterocycles. The highest BCUT2D eigenvalue weighted by Crippen LogP contribution is 2.18. The third kappa shape index (κ3) is 44.7. The second-order valence-electron chi connectivity index (χ2n) is 18.6. The molecule has 0 aliphatic rings. The predicted molar refractivity (Wildman–Crippen MR) is 264 cm³/mol. The van der Waals surface area contributed by atoms with Crippen LogP contribution in [0.1, 0.15) is 290 Å². The fraction of sp³-hybridized carbons (Fsp3) is 0.891. The molecule has 6 nitrogen and oxygen atoms in total. The molecule has 1 amide bonds. The average molecular weight is 860 g/mol. The van der Waals surface area contributed by atoms with Crippen molar-refractivity contribution < 1.29 is 24.5 Å². The highest BCUT2D eigenvalue weighted by atomic mass is 16.5. The van der Waals surface area contributed by atoms with Gasteiger partial charge in [0.25, 0.3) is 0 Å². The number of esters is 1. The third-order valence-electron chi connectivity index (χ3n) is 12.5. The Labute approximate surface area is 380 Å². The third-order valence-corrected chi connectivity index (χ3v) is 12.5. The second kappa shape index (κ2) is 49.4. The van der Waals surface area contributed by atoms with Crippen LogP contribution < -0.4 is 5.32 Å². The van der Waals surface area contributed by atoms with Crippen LogP contribution in [0.15, 0.2) is 24.3 Å². The molecule has 0 aromatic rings. The van der Waals surface area contributed by atoms with Crippen molar-refractivity contribution in [3.8, 4) is 0 Å². The quantitative estimate of drug-likeness (QED) is 0.0322. The van der Waals surface area contributed by atoms with E-state index in [9.17, 15) is 19.8 Å². The fourth-order valence-corrected chi connectivity index (χ4v) is 8.40. The number of amides is 1. The normalized spacial score (nSPS) is 13.3. The number of aliphatic hydroxyl groups is 2. The van der Waals surface area contributed by atoms with E-state index < -0.39 is 18.2 Å². The summed E-state index contributed by atoms with van der Waals surface area (Å²) in [7, 11) is 0. The van der Waals surface area contributed by atoms with Crippen molar-refractivity contribution in [3.63, 3.8) is 0 Å². The van der Waals surface area contributed by atoms with E-state index in [1.807, 2.05) is 0 Å². The smallest absolute Gasteiger partial charge is 0.306 e. The monoisotopic (exact) mass is 860 g/mol. The number of ether oxygens (including phenoxy) is 1. The average Bonchev–Trinajstić information content (AvgIpc) is 3.25. The lowest BCUT2D eigenvalue weighted by Gasteiger charge is -2.24. The zero-order chi connectivity index (χ0) is 44.5. The molecule has 3 atom stereocenters. The molecule has 6 heteroatoms. The lowest BCUT2D eigenvalue weighted by atomic mass is 10.0. The topological polar surface area (TPSA) is 95.9 Å². The molecule has 3 N–H and O–H groups in total. The van der Waals surface area contributed by atoms with Gasteiger partial charge in [-0.1, -0.05) is 244 Å². The number of unbranched alkanes of at least 4 members (excludes halogenated alkanes) is 33. The Hall–Kier alpha value is -1.66. The van der Waals surface area contributed by atoms with Crippen LogP contribution in [0.4, 0.5) is 0 Å².